The van der Waals surface area contributed by atoms with Gasteiger partial charge in [0.15, 0.2) is 11.5 Å². The van der Waals surface area contributed by atoms with Gasteiger partial charge in [-0.2, -0.15) is 0 Å². The van der Waals surface area contributed by atoms with Crippen LogP contribution in [0.2, 0.25) is 10.0 Å². The first-order valence-electron chi connectivity index (χ1n) is 11.9. The number of amides is 1. The molecule has 2 aromatic rings. The highest BCUT2D eigenvalue weighted by molar-refractivity contribution is 6.39. The van der Waals surface area contributed by atoms with E-state index in [0.717, 1.165) is 24.9 Å². The van der Waals surface area contributed by atoms with Gasteiger partial charge in [0.25, 0.3) is 5.91 Å². The Kier molecular flexibility index (Phi) is 11.7. The predicted molar refractivity (Wildman–Crippen MR) is 144 cm³/mol. The van der Waals surface area contributed by atoms with Crippen molar-refractivity contribution in [3.63, 3.8) is 0 Å². The Balaban J connectivity index is 2.41. The molecule has 2 rings (SSSR count). The van der Waals surface area contributed by atoms with Crippen LogP contribution >= 0.6 is 23.2 Å². The summed E-state index contributed by atoms with van der Waals surface area (Å²) < 4.78 is 16.3. The molecule has 0 aliphatic carbocycles. The number of hydrogen-bond acceptors (Lipinski definition) is 7. The zero-order valence-corrected chi connectivity index (χ0v) is 23.3. The van der Waals surface area contributed by atoms with Gasteiger partial charge >= 0.3 is 11.9 Å². The van der Waals surface area contributed by atoms with Gasteiger partial charge in [0, 0.05) is 6.42 Å². The van der Waals surface area contributed by atoms with Gasteiger partial charge in [0.1, 0.15) is 11.1 Å². The second-order valence-corrected chi connectivity index (χ2v) is 10.2. The predicted octanol–water partition coefficient (Wildman–Crippen LogP) is 4.84. The Labute approximate surface area is 227 Å². The molecule has 0 radical (unpaired) electrons. The number of carbonyl (C=O) groups excluding carboxylic acids is 3. The fourth-order valence-electron chi connectivity index (χ4n) is 3.23. The second kappa shape index (κ2) is 14.2. The first kappa shape index (κ1) is 30.4. The number of benzene rings is 2. The third-order valence-electron chi connectivity index (χ3n) is 5.32. The molecule has 1 atom stereocenters. The molecule has 0 saturated heterocycles. The van der Waals surface area contributed by atoms with Crippen LogP contribution in [-0.2, 0) is 20.7 Å². The molecule has 10 heteroatoms. The first-order chi connectivity index (χ1) is 17.5. The van der Waals surface area contributed by atoms with Gasteiger partial charge in [-0.3, -0.25) is 9.59 Å². The van der Waals surface area contributed by atoms with Crippen LogP contribution < -0.4 is 20.1 Å². The van der Waals surface area contributed by atoms with E-state index < -0.39 is 29.3 Å². The summed E-state index contributed by atoms with van der Waals surface area (Å²) in [5, 5.41) is 5.67. The molecular formula is C27H34Cl2N2O6. The first-order valence-corrected chi connectivity index (χ1v) is 12.7. The third-order valence-corrected chi connectivity index (χ3v) is 5.95. The molecular weight excluding hydrogens is 519 g/mol. The summed E-state index contributed by atoms with van der Waals surface area (Å²) in [7, 11) is 3.10. The minimum atomic E-state index is -1.01. The normalized spacial score (nSPS) is 12.0. The van der Waals surface area contributed by atoms with E-state index in [4.69, 9.17) is 37.4 Å². The molecule has 1 amide bonds. The zero-order valence-electron chi connectivity index (χ0n) is 21.8. The zero-order chi connectivity index (χ0) is 27.6. The van der Waals surface area contributed by atoms with E-state index in [1.165, 1.54) is 13.2 Å². The molecule has 37 heavy (non-hydrogen) atoms. The van der Waals surface area contributed by atoms with Gasteiger partial charge in [0.05, 0.1) is 29.7 Å². The maximum absolute atomic E-state index is 13.4. The summed E-state index contributed by atoms with van der Waals surface area (Å²) >= 11 is 13.0. The Hall–Kier alpha value is -2.81. The molecule has 0 bridgehead atoms. The fourth-order valence-corrected chi connectivity index (χ4v) is 3.83. The average Bonchev–Trinajstić information content (AvgIpc) is 2.86. The van der Waals surface area contributed by atoms with Crippen LogP contribution in [-0.4, -0.2) is 51.2 Å². The lowest BCUT2D eigenvalue weighted by Crippen LogP contribution is -2.43. The van der Waals surface area contributed by atoms with Gasteiger partial charge < -0.3 is 24.8 Å². The summed E-state index contributed by atoms with van der Waals surface area (Å²) in [4.78, 5) is 38.6. The summed E-state index contributed by atoms with van der Waals surface area (Å²) in [5.41, 5.74) is -0.181. The van der Waals surface area contributed by atoms with Crippen LogP contribution in [0.4, 0.5) is 0 Å². The van der Waals surface area contributed by atoms with Gasteiger partial charge in [-0.15, -0.1) is 0 Å². The second-order valence-electron chi connectivity index (χ2n) is 9.42. The minimum Gasteiger partial charge on any atom is -0.490 e. The van der Waals surface area contributed by atoms with Crippen LogP contribution in [0.15, 0.2) is 36.4 Å². The van der Waals surface area contributed by atoms with E-state index in [0.29, 0.717) is 6.61 Å². The number of unbranched alkanes of at least 4 members (excludes halogenated alkanes) is 1. The summed E-state index contributed by atoms with van der Waals surface area (Å²) in [5.74, 6) is -2.05. The smallest absolute Gasteiger partial charge is 0.328 e. The van der Waals surface area contributed by atoms with Crippen molar-refractivity contribution in [3.05, 3.63) is 57.6 Å². The number of nitrogens with one attached hydrogen (secondary N) is 2. The van der Waals surface area contributed by atoms with E-state index in [9.17, 15) is 14.4 Å². The Morgan fingerprint density at radius 2 is 1.70 bits per heavy atom. The minimum absolute atomic E-state index is 0.0667. The quantitative estimate of drug-likeness (QED) is 0.220. The Bertz CT molecular complexity index is 1090. The third kappa shape index (κ3) is 8.91. The van der Waals surface area contributed by atoms with Crippen molar-refractivity contribution in [1.82, 2.24) is 10.6 Å². The van der Waals surface area contributed by atoms with Crippen molar-refractivity contribution in [2.75, 3.05) is 27.3 Å². The SMILES string of the molecule is CNCCCCOc1c(Cl)cc(C(=O)N[C@@H](Cc2ccccc2)C(=O)OC)c(OC(=O)C(C)(C)C)c1Cl. The van der Waals surface area contributed by atoms with Crippen molar-refractivity contribution in [2.24, 2.45) is 5.41 Å². The van der Waals surface area contributed by atoms with Crippen LogP contribution in [0.25, 0.3) is 0 Å². The van der Waals surface area contributed by atoms with Crippen molar-refractivity contribution in [1.29, 1.82) is 0 Å². The lowest BCUT2D eigenvalue weighted by Gasteiger charge is -2.22. The highest BCUT2D eigenvalue weighted by Crippen LogP contribution is 2.43. The van der Waals surface area contributed by atoms with Crippen LogP contribution in [0.1, 0.15) is 49.5 Å². The Morgan fingerprint density at radius 1 is 1.03 bits per heavy atom. The van der Waals surface area contributed by atoms with E-state index in [1.54, 1.807) is 20.8 Å². The number of halogens is 2. The van der Waals surface area contributed by atoms with Gasteiger partial charge in [-0.05, 0) is 58.8 Å². The molecule has 2 N–H and O–H groups in total. The lowest BCUT2D eigenvalue weighted by atomic mass is 9.97. The van der Waals surface area contributed by atoms with E-state index in [2.05, 4.69) is 10.6 Å². The molecule has 202 valence electrons. The monoisotopic (exact) mass is 552 g/mol. The molecule has 0 aliphatic rings. The van der Waals surface area contributed by atoms with Gasteiger partial charge in [0.2, 0.25) is 0 Å². The summed E-state index contributed by atoms with van der Waals surface area (Å²) in [6.45, 7) is 6.16. The molecule has 0 unspecified atom stereocenters. The number of methoxy groups -OCH3 is 1. The summed E-state index contributed by atoms with van der Waals surface area (Å²) in [6.07, 6.45) is 1.78. The van der Waals surface area contributed by atoms with E-state index in [1.807, 2.05) is 37.4 Å². The Morgan fingerprint density at radius 3 is 2.30 bits per heavy atom. The highest BCUT2D eigenvalue weighted by atomic mass is 35.5. The number of carbonyl (C=O) groups is 3. The largest absolute Gasteiger partial charge is 0.490 e. The van der Waals surface area contributed by atoms with Crippen LogP contribution in [0.5, 0.6) is 11.5 Å². The average molecular weight is 553 g/mol. The molecule has 0 fully saturated rings. The van der Waals surface area contributed by atoms with Crippen molar-refractivity contribution in [3.8, 4) is 11.5 Å². The van der Waals surface area contributed by atoms with Crippen LogP contribution in [0, 0.1) is 5.41 Å². The van der Waals surface area contributed by atoms with Crippen molar-refractivity contribution < 1.29 is 28.6 Å². The lowest BCUT2D eigenvalue weighted by molar-refractivity contribution is -0.143. The van der Waals surface area contributed by atoms with Gasteiger partial charge in [-0.1, -0.05) is 53.5 Å². The topological polar surface area (TPSA) is 103 Å². The number of ether oxygens (including phenoxy) is 3. The van der Waals surface area contributed by atoms with E-state index in [-0.39, 0.29) is 33.5 Å². The molecule has 0 heterocycles. The standard InChI is InChI=1S/C27H34Cl2N2O6/c1-27(2,3)26(34)37-22-18(16-19(28)23(21(22)29)36-14-10-9-13-30-4)24(32)31-20(25(33)35-5)15-17-11-7-6-8-12-17/h6-8,11-12,16,20,30H,9-10,13-15H2,1-5H3,(H,31,32)/t20-/m0/s1. The maximum Gasteiger partial charge on any atom is 0.328 e. The van der Waals surface area contributed by atoms with Gasteiger partial charge in [-0.25, -0.2) is 4.79 Å². The highest BCUT2D eigenvalue weighted by Gasteiger charge is 2.31. The molecule has 0 aliphatic heterocycles. The summed E-state index contributed by atoms with van der Waals surface area (Å²) in [6, 6.07) is 9.46. The molecule has 0 saturated carbocycles. The van der Waals surface area contributed by atoms with Crippen LogP contribution in [0.3, 0.4) is 0 Å². The molecule has 0 spiro atoms. The van der Waals surface area contributed by atoms with Crippen molar-refractivity contribution >= 4 is 41.0 Å². The number of esters is 2. The van der Waals surface area contributed by atoms with Crippen molar-refractivity contribution in [2.45, 2.75) is 46.1 Å². The fraction of sp³-hybridized carbons (Fsp3) is 0.444. The number of rotatable bonds is 12. The number of hydrogen-bond donors (Lipinski definition) is 2. The molecule has 8 nitrogen and oxygen atoms in total. The molecule has 2 aromatic carbocycles. The van der Waals surface area contributed by atoms with E-state index >= 15 is 0 Å². The molecule has 0 aromatic heterocycles. The maximum atomic E-state index is 13.4.